The number of rotatable bonds is 7. The molecular weight excluding hydrogens is 478 g/mol. The topological polar surface area (TPSA) is 72.2 Å². The molecule has 0 aliphatic carbocycles. The van der Waals surface area contributed by atoms with Crippen LogP contribution >= 0.6 is 23.4 Å². The minimum Gasteiger partial charge on any atom is -0.272 e. The Kier molecular flexibility index (Phi) is 6.88. The molecule has 0 fully saturated rings. The first-order valence-corrected chi connectivity index (χ1v) is 12.2. The zero-order chi connectivity index (χ0) is 24.0. The summed E-state index contributed by atoms with van der Waals surface area (Å²) in [6.45, 7) is 0. The Morgan fingerprint density at radius 2 is 1.66 bits per heavy atom. The van der Waals surface area contributed by atoms with Crippen LogP contribution in [0.5, 0.6) is 0 Å². The molecular formula is C27H20ClN5OS. The molecule has 35 heavy (non-hydrogen) atoms. The van der Waals surface area contributed by atoms with Crippen molar-refractivity contribution >= 4 is 46.3 Å². The zero-order valence-corrected chi connectivity index (χ0v) is 20.1. The van der Waals surface area contributed by atoms with E-state index in [0.29, 0.717) is 16.0 Å². The van der Waals surface area contributed by atoms with Crippen molar-refractivity contribution in [2.45, 2.75) is 5.16 Å². The SMILES string of the molecule is O=C(CSc1nnc(-c2ccc(Cl)cc2)n1-c1ccccc1)N/N=C\c1cccc2ccccc12. The maximum atomic E-state index is 12.5. The molecule has 0 saturated heterocycles. The molecule has 5 aromatic rings. The van der Waals surface area contributed by atoms with E-state index in [1.54, 1.807) is 6.21 Å². The normalized spacial score (nSPS) is 11.2. The van der Waals surface area contributed by atoms with Gasteiger partial charge in [-0.05, 0) is 47.2 Å². The molecule has 1 aromatic heterocycles. The standard InChI is InChI=1S/C27H20ClN5OS/c28-22-15-13-20(14-16-22)26-31-32-27(33(26)23-10-2-1-3-11-23)35-18-25(34)30-29-17-21-9-6-8-19-7-4-5-12-24(19)21/h1-17H,18H2,(H,30,34)/b29-17-. The van der Waals surface area contributed by atoms with Gasteiger partial charge < -0.3 is 0 Å². The third kappa shape index (κ3) is 5.26. The van der Waals surface area contributed by atoms with Gasteiger partial charge in [0.25, 0.3) is 5.91 Å². The van der Waals surface area contributed by atoms with Gasteiger partial charge in [-0.15, -0.1) is 10.2 Å². The van der Waals surface area contributed by atoms with Gasteiger partial charge in [0.15, 0.2) is 11.0 Å². The van der Waals surface area contributed by atoms with E-state index in [9.17, 15) is 4.79 Å². The van der Waals surface area contributed by atoms with E-state index in [4.69, 9.17) is 11.6 Å². The van der Waals surface area contributed by atoms with Gasteiger partial charge in [0.2, 0.25) is 0 Å². The van der Waals surface area contributed by atoms with Crippen LogP contribution in [0.25, 0.3) is 27.8 Å². The summed E-state index contributed by atoms with van der Waals surface area (Å²) in [5.41, 5.74) is 5.32. The van der Waals surface area contributed by atoms with Gasteiger partial charge in [-0.1, -0.05) is 84.0 Å². The minimum atomic E-state index is -0.234. The summed E-state index contributed by atoms with van der Waals surface area (Å²) >= 11 is 7.35. The molecule has 0 aliphatic rings. The lowest BCUT2D eigenvalue weighted by Gasteiger charge is -2.10. The van der Waals surface area contributed by atoms with Gasteiger partial charge in [0.05, 0.1) is 12.0 Å². The second kappa shape index (κ2) is 10.5. The first kappa shape index (κ1) is 22.8. The lowest BCUT2D eigenvalue weighted by atomic mass is 10.1. The van der Waals surface area contributed by atoms with E-state index in [1.807, 2.05) is 102 Å². The number of hydrogen-bond acceptors (Lipinski definition) is 5. The molecule has 0 radical (unpaired) electrons. The van der Waals surface area contributed by atoms with E-state index in [0.717, 1.165) is 27.6 Å². The van der Waals surface area contributed by atoms with E-state index >= 15 is 0 Å². The van der Waals surface area contributed by atoms with Crippen LogP contribution < -0.4 is 5.43 Å². The molecule has 0 saturated carbocycles. The zero-order valence-electron chi connectivity index (χ0n) is 18.5. The van der Waals surface area contributed by atoms with Gasteiger partial charge in [-0.25, -0.2) is 5.43 Å². The molecule has 1 amide bonds. The van der Waals surface area contributed by atoms with Gasteiger partial charge in [-0.2, -0.15) is 5.10 Å². The third-order valence-electron chi connectivity index (χ3n) is 5.30. The monoisotopic (exact) mass is 497 g/mol. The number of thioether (sulfide) groups is 1. The fraction of sp³-hybridized carbons (Fsp3) is 0.0370. The first-order valence-electron chi connectivity index (χ1n) is 10.9. The largest absolute Gasteiger partial charge is 0.272 e. The maximum absolute atomic E-state index is 12.5. The number of hydrazone groups is 1. The molecule has 0 atom stereocenters. The highest BCUT2D eigenvalue weighted by Crippen LogP contribution is 2.28. The number of para-hydroxylation sites is 1. The molecule has 6 nitrogen and oxygen atoms in total. The Labute approximate surface area is 211 Å². The number of fused-ring (bicyclic) bond motifs is 1. The fourth-order valence-corrected chi connectivity index (χ4v) is 4.53. The molecule has 4 aromatic carbocycles. The van der Waals surface area contributed by atoms with E-state index in [-0.39, 0.29) is 11.7 Å². The van der Waals surface area contributed by atoms with Crippen molar-refractivity contribution in [3.8, 4) is 17.1 Å². The predicted molar refractivity (Wildman–Crippen MR) is 142 cm³/mol. The van der Waals surface area contributed by atoms with Crippen molar-refractivity contribution in [1.29, 1.82) is 0 Å². The van der Waals surface area contributed by atoms with Crippen LogP contribution in [0.2, 0.25) is 5.02 Å². The van der Waals surface area contributed by atoms with Crippen molar-refractivity contribution in [3.63, 3.8) is 0 Å². The minimum absolute atomic E-state index is 0.137. The average molecular weight is 498 g/mol. The molecule has 0 aliphatic heterocycles. The van der Waals surface area contributed by atoms with Gasteiger partial charge in [0, 0.05) is 21.8 Å². The van der Waals surface area contributed by atoms with Crippen molar-refractivity contribution in [3.05, 3.63) is 108 Å². The van der Waals surface area contributed by atoms with Gasteiger partial charge >= 0.3 is 0 Å². The fourth-order valence-electron chi connectivity index (χ4n) is 3.66. The Morgan fingerprint density at radius 1 is 0.914 bits per heavy atom. The van der Waals surface area contributed by atoms with Crippen LogP contribution in [0.1, 0.15) is 5.56 Å². The highest BCUT2D eigenvalue weighted by atomic mass is 35.5. The number of hydrogen-bond donors (Lipinski definition) is 1. The third-order valence-corrected chi connectivity index (χ3v) is 6.48. The van der Waals surface area contributed by atoms with Crippen LogP contribution in [0, 0.1) is 0 Å². The molecule has 0 unspecified atom stereocenters. The summed E-state index contributed by atoms with van der Waals surface area (Å²) in [5.74, 6) is 0.574. The quantitative estimate of drug-likeness (QED) is 0.170. The van der Waals surface area contributed by atoms with E-state index < -0.39 is 0 Å². The summed E-state index contributed by atoms with van der Waals surface area (Å²) in [7, 11) is 0. The van der Waals surface area contributed by atoms with Crippen LogP contribution in [-0.4, -0.2) is 32.6 Å². The first-order chi connectivity index (χ1) is 17.2. The molecule has 1 heterocycles. The Morgan fingerprint density at radius 3 is 2.49 bits per heavy atom. The number of amides is 1. The summed E-state index contributed by atoms with van der Waals surface area (Å²) in [6.07, 6.45) is 1.66. The Bertz CT molecular complexity index is 1490. The smallest absolute Gasteiger partial charge is 0.250 e. The number of nitrogens with one attached hydrogen (secondary N) is 1. The second-order valence-electron chi connectivity index (χ2n) is 7.63. The van der Waals surface area contributed by atoms with Crippen LogP contribution in [0.3, 0.4) is 0 Å². The van der Waals surface area contributed by atoms with Gasteiger partial charge in [0.1, 0.15) is 0 Å². The molecule has 172 valence electrons. The maximum Gasteiger partial charge on any atom is 0.250 e. The summed E-state index contributed by atoms with van der Waals surface area (Å²) < 4.78 is 1.93. The number of carbonyl (C=O) groups is 1. The van der Waals surface area contributed by atoms with Crippen molar-refractivity contribution in [2.75, 3.05) is 5.75 Å². The number of carbonyl (C=O) groups excluding carboxylic acids is 1. The van der Waals surface area contributed by atoms with Crippen molar-refractivity contribution < 1.29 is 4.79 Å². The highest BCUT2D eigenvalue weighted by molar-refractivity contribution is 7.99. The molecule has 0 spiro atoms. The van der Waals surface area contributed by atoms with Crippen molar-refractivity contribution in [1.82, 2.24) is 20.2 Å². The number of halogens is 1. The van der Waals surface area contributed by atoms with Crippen LogP contribution in [0.4, 0.5) is 0 Å². The predicted octanol–water partition coefficient (Wildman–Crippen LogP) is 5.98. The van der Waals surface area contributed by atoms with E-state index in [1.165, 1.54) is 11.8 Å². The number of benzene rings is 4. The van der Waals surface area contributed by atoms with E-state index in [2.05, 4.69) is 20.7 Å². The molecule has 5 rings (SSSR count). The number of aromatic nitrogens is 3. The molecule has 8 heteroatoms. The second-order valence-corrected chi connectivity index (χ2v) is 9.01. The highest BCUT2D eigenvalue weighted by Gasteiger charge is 2.17. The molecule has 0 bridgehead atoms. The molecule has 1 N–H and O–H groups in total. The van der Waals surface area contributed by atoms with Gasteiger partial charge in [-0.3, -0.25) is 9.36 Å². The lowest BCUT2D eigenvalue weighted by Crippen LogP contribution is -2.20. The lowest BCUT2D eigenvalue weighted by molar-refractivity contribution is -0.118. The van der Waals surface area contributed by atoms with Crippen molar-refractivity contribution in [2.24, 2.45) is 5.10 Å². The summed E-state index contributed by atoms with van der Waals surface area (Å²) in [6, 6.07) is 31.2. The Hall–Kier alpha value is -3.94. The Balaban J connectivity index is 1.31. The number of nitrogens with zero attached hydrogens (tertiary/aromatic N) is 4. The summed E-state index contributed by atoms with van der Waals surface area (Å²) in [5, 5.41) is 16.3. The van der Waals surface area contributed by atoms with Crippen LogP contribution in [0.15, 0.2) is 107 Å². The van der Waals surface area contributed by atoms with Crippen LogP contribution in [-0.2, 0) is 4.79 Å². The average Bonchev–Trinajstić information content (AvgIpc) is 3.32. The summed E-state index contributed by atoms with van der Waals surface area (Å²) in [4.78, 5) is 12.5.